The zero-order valence-corrected chi connectivity index (χ0v) is 11.5. The number of aryl methyl sites for hydroxylation is 1. The smallest absolute Gasteiger partial charge is 0.323 e. The maximum atomic E-state index is 5.38. The molecule has 2 rings (SSSR count). The van der Waals surface area contributed by atoms with Gasteiger partial charge in [-0.05, 0) is 6.42 Å². The molecule has 0 saturated carbocycles. The lowest BCUT2D eigenvalue weighted by Crippen LogP contribution is -2.14. The van der Waals surface area contributed by atoms with Gasteiger partial charge >= 0.3 is 6.01 Å². The average Bonchev–Trinajstić information content (AvgIpc) is 2.88. The summed E-state index contributed by atoms with van der Waals surface area (Å²) in [5.41, 5.74) is 3.41. The molecule has 20 heavy (non-hydrogen) atoms. The number of aromatic nitrogens is 5. The van der Waals surface area contributed by atoms with Gasteiger partial charge in [-0.1, -0.05) is 6.92 Å². The Balaban J connectivity index is 2.05. The molecule has 2 aromatic rings. The van der Waals surface area contributed by atoms with Gasteiger partial charge in [-0.2, -0.15) is 20.1 Å². The molecule has 2 heterocycles. The van der Waals surface area contributed by atoms with Gasteiger partial charge in [-0.25, -0.2) is 5.84 Å². The summed E-state index contributed by atoms with van der Waals surface area (Å²) in [4.78, 5) is 12.3. The fraction of sp³-hybridized carbons (Fsp3) is 0.455. The first kappa shape index (κ1) is 14.0. The van der Waals surface area contributed by atoms with E-state index in [0.29, 0.717) is 19.1 Å². The van der Waals surface area contributed by atoms with Crippen LogP contribution in [0.15, 0.2) is 12.4 Å². The summed E-state index contributed by atoms with van der Waals surface area (Å²) in [6, 6.07) is 0.239. The molecule has 0 saturated heterocycles. The van der Waals surface area contributed by atoms with E-state index in [-0.39, 0.29) is 12.0 Å². The SMILES string of the molecule is CCCOc1nc(NN)nc(NCc2cnn(C)c2)n1. The number of nitrogens with one attached hydrogen (secondary N) is 2. The Hall–Kier alpha value is -2.42. The van der Waals surface area contributed by atoms with E-state index < -0.39 is 0 Å². The molecule has 0 fully saturated rings. The van der Waals surface area contributed by atoms with Crippen LogP contribution in [0.25, 0.3) is 0 Å². The van der Waals surface area contributed by atoms with Crippen LogP contribution in [0.1, 0.15) is 18.9 Å². The lowest BCUT2D eigenvalue weighted by molar-refractivity contribution is 0.292. The number of anilines is 2. The van der Waals surface area contributed by atoms with E-state index in [2.05, 4.69) is 30.8 Å². The van der Waals surface area contributed by atoms with Gasteiger partial charge in [0.25, 0.3) is 0 Å². The summed E-state index contributed by atoms with van der Waals surface area (Å²) >= 11 is 0. The molecule has 0 spiro atoms. The Morgan fingerprint density at radius 3 is 2.75 bits per heavy atom. The largest absolute Gasteiger partial charge is 0.463 e. The van der Waals surface area contributed by atoms with Crippen molar-refractivity contribution in [2.75, 3.05) is 17.3 Å². The van der Waals surface area contributed by atoms with Crippen LogP contribution >= 0.6 is 0 Å². The maximum Gasteiger partial charge on any atom is 0.323 e. The molecule has 0 radical (unpaired) electrons. The quantitative estimate of drug-likeness (QED) is 0.489. The van der Waals surface area contributed by atoms with Gasteiger partial charge in [0.2, 0.25) is 11.9 Å². The molecule has 9 heteroatoms. The Labute approximate surface area is 116 Å². The first-order valence-corrected chi connectivity index (χ1v) is 6.28. The summed E-state index contributed by atoms with van der Waals surface area (Å²) in [6.45, 7) is 3.09. The van der Waals surface area contributed by atoms with E-state index in [1.54, 1.807) is 10.9 Å². The molecule has 4 N–H and O–H groups in total. The number of hydrazine groups is 1. The van der Waals surface area contributed by atoms with Crippen molar-refractivity contribution in [1.82, 2.24) is 24.7 Å². The number of nitrogens with two attached hydrogens (primary N) is 1. The maximum absolute atomic E-state index is 5.38. The van der Waals surface area contributed by atoms with Crippen molar-refractivity contribution in [3.8, 4) is 6.01 Å². The van der Waals surface area contributed by atoms with E-state index in [0.717, 1.165) is 12.0 Å². The van der Waals surface area contributed by atoms with Crippen molar-refractivity contribution in [3.63, 3.8) is 0 Å². The summed E-state index contributed by atoms with van der Waals surface area (Å²) in [5.74, 6) is 5.97. The van der Waals surface area contributed by atoms with Crippen molar-refractivity contribution in [2.45, 2.75) is 19.9 Å². The van der Waals surface area contributed by atoms with Crippen LogP contribution in [0.4, 0.5) is 11.9 Å². The molecule has 0 aliphatic rings. The van der Waals surface area contributed by atoms with E-state index >= 15 is 0 Å². The number of hydrogen-bond acceptors (Lipinski definition) is 8. The van der Waals surface area contributed by atoms with Crippen molar-refractivity contribution in [1.29, 1.82) is 0 Å². The summed E-state index contributed by atoms with van der Waals surface area (Å²) in [6.07, 6.45) is 4.55. The fourth-order valence-electron chi connectivity index (χ4n) is 1.50. The molecule has 0 aliphatic heterocycles. The average molecular weight is 278 g/mol. The minimum Gasteiger partial charge on any atom is -0.463 e. The summed E-state index contributed by atoms with van der Waals surface area (Å²) in [7, 11) is 1.86. The molecule has 0 aliphatic carbocycles. The zero-order valence-electron chi connectivity index (χ0n) is 11.5. The highest BCUT2D eigenvalue weighted by atomic mass is 16.5. The highest BCUT2D eigenvalue weighted by molar-refractivity contribution is 5.35. The standard InChI is InChI=1S/C11H18N8O/c1-3-4-20-11-16-9(15-10(17-11)18-12)13-5-8-6-14-19(2)7-8/h6-7H,3-5,12H2,1-2H3,(H2,13,15,16,17,18). The third-order valence-corrected chi connectivity index (χ3v) is 2.39. The van der Waals surface area contributed by atoms with Crippen molar-refractivity contribution >= 4 is 11.9 Å². The predicted molar refractivity (Wildman–Crippen MR) is 74.0 cm³/mol. The second-order valence-corrected chi connectivity index (χ2v) is 4.13. The van der Waals surface area contributed by atoms with Gasteiger partial charge in [0.05, 0.1) is 12.8 Å². The normalized spacial score (nSPS) is 10.3. The molecule has 0 atom stereocenters. The van der Waals surface area contributed by atoms with Crippen LogP contribution in [0, 0.1) is 0 Å². The minimum absolute atomic E-state index is 0.239. The van der Waals surface area contributed by atoms with Gasteiger partial charge in [0, 0.05) is 25.4 Å². The molecule has 2 aromatic heterocycles. The second kappa shape index (κ2) is 6.66. The molecular formula is C11H18N8O. The molecule has 0 unspecified atom stereocenters. The van der Waals surface area contributed by atoms with Crippen LogP contribution in [0.3, 0.4) is 0 Å². The predicted octanol–water partition coefficient (Wildman–Crippen LogP) is 0.292. The first-order valence-electron chi connectivity index (χ1n) is 6.28. The number of ether oxygens (including phenoxy) is 1. The topological polar surface area (TPSA) is 116 Å². The van der Waals surface area contributed by atoms with Crippen LogP contribution in [-0.4, -0.2) is 31.3 Å². The third kappa shape index (κ3) is 3.79. The Morgan fingerprint density at radius 2 is 2.10 bits per heavy atom. The van der Waals surface area contributed by atoms with Crippen molar-refractivity contribution in [3.05, 3.63) is 18.0 Å². The van der Waals surface area contributed by atoms with Gasteiger partial charge < -0.3 is 10.1 Å². The molecule has 0 amide bonds. The van der Waals surface area contributed by atoms with Gasteiger partial charge in [-0.3, -0.25) is 10.1 Å². The molecule has 9 nitrogen and oxygen atoms in total. The Bertz CT molecular complexity index is 555. The number of hydrogen-bond donors (Lipinski definition) is 3. The lowest BCUT2D eigenvalue weighted by Gasteiger charge is -2.08. The number of rotatable bonds is 7. The minimum atomic E-state index is 0.239. The van der Waals surface area contributed by atoms with Crippen LogP contribution < -0.4 is 21.3 Å². The molecular weight excluding hydrogens is 260 g/mol. The monoisotopic (exact) mass is 278 g/mol. The van der Waals surface area contributed by atoms with Gasteiger partial charge in [-0.15, -0.1) is 0 Å². The fourth-order valence-corrected chi connectivity index (χ4v) is 1.50. The lowest BCUT2D eigenvalue weighted by atomic mass is 10.4. The van der Waals surface area contributed by atoms with Crippen molar-refractivity contribution in [2.24, 2.45) is 12.9 Å². The Morgan fingerprint density at radius 1 is 1.30 bits per heavy atom. The first-order chi connectivity index (χ1) is 9.71. The second-order valence-electron chi connectivity index (χ2n) is 4.13. The van der Waals surface area contributed by atoms with E-state index in [1.807, 2.05) is 20.2 Å². The number of nitrogen functional groups attached to an aromatic ring is 1. The zero-order chi connectivity index (χ0) is 14.4. The van der Waals surface area contributed by atoms with Gasteiger partial charge in [0.15, 0.2) is 0 Å². The Kier molecular flexibility index (Phi) is 4.66. The van der Waals surface area contributed by atoms with Crippen LogP contribution in [-0.2, 0) is 13.6 Å². The molecule has 0 bridgehead atoms. The molecule has 0 aromatic carbocycles. The van der Waals surface area contributed by atoms with E-state index in [1.165, 1.54) is 0 Å². The third-order valence-electron chi connectivity index (χ3n) is 2.39. The van der Waals surface area contributed by atoms with E-state index in [4.69, 9.17) is 10.6 Å². The van der Waals surface area contributed by atoms with Crippen LogP contribution in [0.5, 0.6) is 6.01 Å². The van der Waals surface area contributed by atoms with Crippen molar-refractivity contribution < 1.29 is 4.74 Å². The van der Waals surface area contributed by atoms with E-state index in [9.17, 15) is 0 Å². The molecule has 108 valence electrons. The highest BCUT2D eigenvalue weighted by Crippen LogP contribution is 2.11. The van der Waals surface area contributed by atoms with Crippen LogP contribution in [0.2, 0.25) is 0 Å². The highest BCUT2D eigenvalue weighted by Gasteiger charge is 2.07. The number of nitrogens with zero attached hydrogens (tertiary/aromatic N) is 5. The summed E-state index contributed by atoms with van der Waals surface area (Å²) in [5, 5.41) is 7.16. The van der Waals surface area contributed by atoms with Gasteiger partial charge in [0.1, 0.15) is 0 Å². The summed E-state index contributed by atoms with van der Waals surface area (Å²) < 4.78 is 7.11.